The van der Waals surface area contributed by atoms with Crippen LogP contribution >= 0.6 is 23.1 Å². The quantitative estimate of drug-likeness (QED) is 0.816. The molecule has 2 amide bonds. The van der Waals surface area contributed by atoms with E-state index in [1.165, 1.54) is 46.5 Å². The minimum absolute atomic E-state index is 0.0117. The Labute approximate surface area is 149 Å². The Morgan fingerprint density at radius 3 is 2.54 bits per heavy atom. The Bertz CT molecular complexity index is 701. The van der Waals surface area contributed by atoms with Crippen LogP contribution in [0.2, 0.25) is 0 Å². The summed E-state index contributed by atoms with van der Waals surface area (Å²) in [6.45, 7) is 2.61. The molecule has 0 spiro atoms. The molecule has 24 heavy (non-hydrogen) atoms. The molecule has 1 aromatic heterocycles. The first kappa shape index (κ1) is 18.5. The molecule has 0 aliphatic heterocycles. The van der Waals surface area contributed by atoms with E-state index in [1.54, 1.807) is 23.3 Å². The highest BCUT2D eigenvalue weighted by atomic mass is 32.2. The van der Waals surface area contributed by atoms with Crippen molar-refractivity contribution >= 4 is 40.6 Å². The lowest BCUT2D eigenvalue weighted by Crippen LogP contribution is -2.28. The molecule has 1 N–H and O–H groups in total. The van der Waals surface area contributed by atoms with E-state index in [1.807, 2.05) is 18.4 Å². The molecule has 0 unspecified atom stereocenters. The first-order valence-electron chi connectivity index (χ1n) is 7.36. The van der Waals surface area contributed by atoms with Gasteiger partial charge in [-0.1, -0.05) is 0 Å². The molecule has 7 heteroatoms. The van der Waals surface area contributed by atoms with Crippen molar-refractivity contribution in [2.24, 2.45) is 0 Å². The van der Waals surface area contributed by atoms with Gasteiger partial charge >= 0.3 is 0 Å². The highest BCUT2D eigenvalue weighted by molar-refractivity contribution is 8.00. The summed E-state index contributed by atoms with van der Waals surface area (Å²) < 4.78 is 12.8. The molecule has 2 rings (SSSR count). The van der Waals surface area contributed by atoms with Crippen molar-refractivity contribution in [1.82, 2.24) is 4.90 Å². The van der Waals surface area contributed by atoms with Crippen molar-refractivity contribution in [2.45, 2.75) is 13.5 Å². The highest BCUT2D eigenvalue weighted by Gasteiger charge is 2.12. The van der Waals surface area contributed by atoms with Gasteiger partial charge < -0.3 is 10.2 Å². The molecule has 0 fully saturated rings. The van der Waals surface area contributed by atoms with Gasteiger partial charge in [0.2, 0.25) is 11.8 Å². The summed E-state index contributed by atoms with van der Waals surface area (Å²) in [5.41, 5.74) is 1.73. The van der Waals surface area contributed by atoms with Gasteiger partial charge in [-0.25, -0.2) is 4.39 Å². The number of benzene rings is 1. The number of rotatable bonds is 7. The normalized spacial score (nSPS) is 10.5. The minimum atomic E-state index is -0.350. The van der Waals surface area contributed by atoms with Gasteiger partial charge in [0.25, 0.3) is 0 Å². The molecule has 0 radical (unpaired) electrons. The van der Waals surface area contributed by atoms with Crippen molar-refractivity contribution < 1.29 is 14.0 Å². The maximum atomic E-state index is 12.8. The third-order valence-corrected chi connectivity index (χ3v) is 5.29. The van der Waals surface area contributed by atoms with E-state index in [2.05, 4.69) is 5.32 Å². The number of nitrogens with one attached hydrogen (secondary N) is 1. The van der Waals surface area contributed by atoms with Gasteiger partial charge in [-0.05, 0) is 48.2 Å². The minimum Gasteiger partial charge on any atom is -0.340 e. The number of anilines is 1. The van der Waals surface area contributed by atoms with Crippen LogP contribution in [-0.2, 0) is 16.1 Å². The first-order chi connectivity index (χ1) is 11.5. The van der Waals surface area contributed by atoms with Crippen molar-refractivity contribution in [3.8, 4) is 0 Å². The fraction of sp³-hybridized carbons (Fsp3) is 0.294. The smallest absolute Gasteiger partial charge is 0.234 e. The Kier molecular flexibility index (Phi) is 6.81. The third kappa shape index (κ3) is 5.65. The van der Waals surface area contributed by atoms with Gasteiger partial charge in [0.15, 0.2) is 0 Å². The molecule has 0 atom stereocenters. The molecule has 0 saturated heterocycles. The summed E-state index contributed by atoms with van der Waals surface area (Å²) in [5, 5.41) is 4.68. The molecule has 1 heterocycles. The van der Waals surface area contributed by atoms with Crippen molar-refractivity contribution in [3.05, 3.63) is 52.0 Å². The third-order valence-electron chi connectivity index (χ3n) is 3.36. The first-order valence-corrected chi connectivity index (χ1v) is 9.39. The lowest BCUT2D eigenvalue weighted by atomic mass is 10.3. The number of nitrogens with zero attached hydrogens (tertiary/aromatic N) is 1. The second kappa shape index (κ2) is 8.84. The average molecular weight is 366 g/mol. The van der Waals surface area contributed by atoms with E-state index in [0.29, 0.717) is 12.2 Å². The van der Waals surface area contributed by atoms with Gasteiger partial charge in [-0.3, -0.25) is 9.59 Å². The second-order valence-electron chi connectivity index (χ2n) is 5.32. The van der Waals surface area contributed by atoms with Crippen LogP contribution in [0.3, 0.4) is 0 Å². The van der Waals surface area contributed by atoms with E-state index < -0.39 is 0 Å². The maximum absolute atomic E-state index is 12.8. The lowest BCUT2D eigenvalue weighted by Gasteiger charge is -2.16. The molecule has 0 saturated carbocycles. The number of hydrogen-bond acceptors (Lipinski definition) is 4. The highest BCUT2D eigenvalue weighted by Crippen LogP contribution is 2.17. The molecule has 1 aromatic carbocycles. The van der Waals surface area contributed by atoms with Crippen molar-refractivity contribution in [2.75, 3.05) is 23.9 Å². The van der Waals surface area contributed by atoms with Crippen LogP contribution < -0.4 is 5.32 Å². The number of halogens is 1. The number of amides is 2. The van der Waals surface area contributed by atoms with Crippen molar-refractivity contribution in [3.63, 3.8) is 0 Å². The van der Waals surface area contributed by atoms with Gasteiger partial charge in [-0.15, -0.1) is 23.1 Å². The molecular weight excluding hydrogens is 347 g/mol. The summed E-state index contributed by atoms with van der Waals surface area (Å²) in [4.78, 5) is 26.7. The lowest BCUT2D eigenvalue weighted by molar-refractivity contribution is -0.127. The van der Waals surface area contributed by atoms with Gasteiger partial charge in [0.05, 0.1) is 18.1 Å². The standard InChI is InChI=1S/C17H19FN2O2S2/c1-12-7-8-24-15(12)9-20(2)17(22)11-23-10-16(21)19-14-5-3-13(18)4-6-14/h3-8H,9-11H2,1-2H3,(H,19,21). The fourth-order valence-electron chi connectivity index (χ4n) is 1.94. The zero-order valence-electron chi connectivity index (χ0n) is 13.5. The molecule has 0 aliphatic carbocycles. The second-order valence-corrected chi connectivity index (χ2v) is 7.31. The van der Waals surface area contributed by atoms with Gasteiger partial charge in [-0.2, -0.15) is 0 Å². The Hall–Kier alpha value is -1.86. The van der Waals surface area contributed by atoms with Gasteiger partial charge in [0, 0.05) is 17.6 Å². The zero-order chi connectivity index (χ0) is 17.5. The van der Waals surface area contributed by atoms with E-state index in [4.69, 9.17) is 0 Å². The number of thioether (sulfide) groups is 1. The van der Waals surface area contributed by atoms with E-state index >= 15 is 0 Å². The Morgan fingerprint density at radius 2 is 1.92 bits per heavy atom. The van der Waals surface area contributed by atoms with E-state index in [9.17, 15) is 14.0 Å². The topological polar surface area (TPSA) is 49.4 Å². The molecule has 0 aliphatic rings. The van der Waals surface area contributed by atoms with Crippen LogP contribution in [0.4, 0.5) is 10.1 Å². The SMILES string of the molecule is Cc1ccsc1CN(C)C(=O)CSCC(=O)Nc1ccc(F)cc1. The predicted molar refractivity (Wildman–Crippen MR) is 97.9 cm³/mol. The van der Waals surface area contributed by atoms with Gasteiger partial charge in [0.1, 0.15) is 5.82 Å². The van der Waals surface area contributed by atoms with Crippen LogP contribution in [0.1, 0.15) is 10.4 Å². The maximum Gasteiger partial charge on any atom is 0.234 e. The molecular formula is C17H19FN2O2S2. The Morgan fingerprint density at radius 1 is 1.21 bits per heavy atom. The number of carbonyl (C=O) groups excluding carboxylic acids is 2. The molecule has 4 nitrogen and oxygen atoms in total. The molecule has 128 valence electrons. The van der Waals surface area contributed by atoms with Crippen LogP contribution in [0.15, 0.2) is 35.7 Å². The summed E-state index contributed by atoms with van der Waals surface area (Å²) in [6.07, 6.45) is 0. The number of carbonyl (C=O) groups is 2. The van der Waals surface area contributed by atoms with Crippen molar-refractivity contribution in [1.29, 1.82) is 0 Å². The van der Waals surface area contributed by atoms with Crippen LogP contribution in [0.25, 0.3) is 0 Å². The predicted octanol–water partition coefficient (Wildman–Crippen LogP) is 3.53. The largest absolute Gasteiger partial charge is 0.340 e. The van der Waals surface area contributed by atoms with Crippen LogP contribution in [0.5, 0.6) is 0 Å². The van der Waals surface area contributed by atoms with E-state index in [-0.39, 0.29) is 29.1 Å². The summed E-state index contributed by atoms with van der Waals surface area (Å²) >= 11 is 2.90. The number of hydrogen-bond donors (Lipinski definition) is 1. The average Bonchev–Trinajstić information content (AvgIpc) is 2.94. The number of aryl methyl sites for hydroxylation is 1. The molecule has 0 bridgehead atoms. The molecule has 2 aromatic rings. The zero-order valence-corrected chi connectivity index (χ0v) is 15.2. The van der Waals surface area contributed by atoms with E-state index in [0.717, 1.165) is 0 Å². The summed E-state index contributed by atoms with van der Waals surface area (Å²) in [5.74, 6) is -0.150. The summed E-state index contributed by atoms with van der Waals surface area (Å²) in [7, 11) is 1.76. The summed E-state index contributed by atoms with van der Waals surface area (Å²) in [6, 6.07) is 7.61. The number of thiophene rings is 1. The Balaban J connectivity index is 1.70. The fourth-order valence-corrected chi connectivity index (χ4v) is 3.65. The van der Waals surface area contributed by atoms with Crippen LogP contribution in [0, 0.1) is 12.7 Å². The van der Waals surface area contributed by atoms with Crippen LogP contribution in [-0.4, -0.2) is 35.3 Å². The monoisotopic (exact) mass is 366 g/mol.